The normalized spacial score (nSPS) is 12.7. The van der Waals surface area contributed by atoms with Crippen molar-refractivity contribution in [1.82, 2.24) is 4.90 Å². The monoisotopic (exact) mass is 480 g/mol. The summed E-state index contributed by atoms with van der Waals surface area (Å²) in [4.78, 5) is 38.3. The molecule has 0 saturated carbocycles. The molecule has 2 aromatic carbocycles. The van der Waals surface area contributed by atoms with Crippen LogP contribution in [-0.4, -0.2) is 35.8 Å². The van der Waals surface area contributed by atoms with Crippen molar-refractivity contribution >= 4 is 35.1 Å². The van der Waals surface area contributed by atoms with Crippen molar-refractivity contribution in [3.8, 4) is 11.3 Å². The topological polar surface area (TPSA) is 88.8 Å². The predicted octanol–water partition coefficient (Wildman–Crippen LogP) is 5.08. The molecule has 1 N–H and O–H groups in total. The molecular weight excluding hydrogens is 456 g/mol. The molecule has 0 spiro atoms. The van der Waals surface area contributed by atoms with E-state index in [9.17, 15) is 14.4 Å². The second-order valence-electron chi connectivity index (χ2n) is 7.95. The van der Waals surface area contributed by atoms with E-state index in [1.165, 1.54) is 0 Å². The molecule has 34 heavy (non-hydrogen) atoms. The SMILES string of the molecule is CCOC(=O)CCC(=O)Nc1cccc(-c2cc3c(o2)CCN(C(=O)c2ccccc2Cl)C3)c1. The molecule has 1 aliphatic rings. The Bertz CT molecular complexity index is 1220. The molecule has 1 aliphatic heterocycles. The Hall–Kier alpha value is -3.58. The first-order valence-corrected chi connectivity index (χ1v) is 11.5. The zero-order chi connectivity index (χ0) is 24.1. The van der Waals surface area contributed by atoms with Gasteiger partial charge in [0.25, 0.3) is 5.91 Å². The lowest BCUT2D eigenvalue weighted by Gasteiger charge is -2.26. The Morgan fingerprint density at radius 1 is 1.09 bits per heavy atom. The van der Waals surface area contributed by atoms with Gasteiger partial charge in [-0.2, -0.15) is 0 Å². The highest BCUT2D eigenvalue weighted by Gasteiger charge is 2.26. The number of nitrogens with zero attached hydrogens (tertiary/aromatic N) is 1. The molecule has 0 radical (unpaired) electrons. The predicted molar refractivity (Wildman–Crippen MR) is 129 cm³/mol. The quantitative estimate of drug-likeness (QED) is 0.476. The van der Waals surface area contributed by atoms with Crippen molar-refractivity contribution in [1.29, 1.82) is 0 Å². The molecular formula is C26H25ClN2O5. The third-order valence-corrected chi connectivity index (χ3v) is 5.88. The Balaban J connectivity index is 1.43. The summed E-state index contributed by atoms with van der Waals surface area (Å²) in [6.45, 7) is 3.00. The van der Waals surface area contributed by atoms with Gasteiger partial charge in [0.2, 0.25) is 5.91 Å². The zero-order valence-corrected chi connectivity index (χ0v) is 19.6. The maximum absolute atomic E-state index is 12.9. The molecule has 4 rings (SSSR count). The van der Waals surface area contributed by atoms with Crippen LogP contribution in [0.15, 0.2) is 59.0 Å². The molecule has 2 heterocycles. The van der Waals surface area contributed by atoms with E-state index < -0.39 is 5.97 Å². The molecule has 0 saturated heterocycles. The van der Waals surface area contributed by atoms with Crippen molar-refractivity contribution in [2.75, 3.05) is 18.5 Å². The van der Waals surface area contributed by atoms with E-state index in [1.807, 2.05) is 24.3 Å². The van der Waals surface area contributed by atoms with Gasteiger partial charge in [-0.05, 0) is 37.3 Å². The minimum atomic E-state index is -0.394. The summed E-state index contributed by atoms with van der Waals surface area (Å²) in [6, 6.07) is 16.3. The summed E-state index contributed by atoms with van der Waals surface area (Å²) < 4.78 is 10.9. The first-order chi connectivity index (χ1) is 16.4. The number of esters is 1. The van der Waals surface area contributed by atoms with Gasteiger partial charge >= 0.3 is 5.97 Å². The van der Waals surface area contributed by atoms with Crippen LogP contribution in [0.25, 0.3) is 11.3 Å². The summed E-state index contributed by atoms with van der Waals surface area (Å²) in [5.74, 6) is 0.751. The summed E-state index contributed by atoms with van der Waals surface area (Å²) >= 11 is 6.20. The summed E-state index contributed by atoms with van der Waals surface area (Å²) in [5.41, 5.74) is 2.85. The highest BCUT2D eigenvalue weighted by molar-refractivity contribution is 6.33. The number of anilines is 1. The van der Waals surface area contributed by atoms with Crippen molar-refractivity contribution < 1.29 is 23.5 Å². The van der Waals surface area contributed by atoms with Crippen molar-refractivity contribution in [3.05, 3.63) is 76.5 Å². The first-order valence-electron chi connectivity index (χ1n) is 11.2. The molecule has 8 heteroatoms. The van der Waals surface area contributed by atoms with Gasteiger partial charge < -0.3 is 19.4 Å². The highest BCUT2D eigenvalue weighted by Crippen LogP contribution is 2.31. The van der Waals surface area contributed by atoms with Gasteiger partial charge in [0.15, 0.2) is 0 Å². The number of ether oxygens (including phenoxy) is 1. The minimum absolute atomic E-state index is 0.0354. The van der Waals surface area contributed by atoms with Gasteiger partial charge in [0, 0.05) is 42.7 Å². The lowest BCUT2D eigenvalue weighted by molar-refractivity contribution is -0.144. The molecule has 0 unspecified atom stereocenters. The fourth-order valence-electron chi connectivity index (χ4n) is 3.88. The Kier molecular flexibility index (Phi) is 7.33. The smallest absolute Gasteiger partial charge is 0.306 e. The van der Waals surface area contributed by atoms with E-state index in [1.54, 1.807) is 42.2 Å². The average molecular weight is 481 g/mol. The number of furan rings is 1. The van der Waals surface area contributed by atoms with Crippen LogP contribution < -0.4 is 5.32 Å². The molecule has 0 bridgehead atoms. The second kappa shape index (κ2) is 10.6. The van der Waals surface area contributed by atoms with E-state index in [4.69, 9.17) is 20.8 Å². The molecule has 0 fully saturated rings. The fraction of sp³-hybridized carbons (Fsp3) is 0.269. The number of hydrogen-bond donors (Lipinski definition) is 1. The third kappa shape index (κ3) is 5.48. The Labute approximate surface area is 202 Å². The largest absolute Gasteiger partial charge is 0.466 e. The number of nitrogens with one attached hydrogen (secondary N) is 1. The van der Waals surface area contributed by atoms with Crippen molar-refractivity contribution in [2.24, 2.45) is 0 Å². The fourth-order valence-corrected chi connectivity index (χ4v) is 4.09. The molecule has 1 aromatic heterocycles. The van der Waals surface area contributed by atoms with Gasteiger partial charge in [-0.3, -0.25) is 14.4 Å². The number of amides is 2. The van der Waals surface area contributed by atoms with Crippen molar-refractivity contribution in [3.63, 3.8) is 0 Å². The van der Waals surface area contributed by atoms with Crippen LogP contribution in [-0.2, 0) is 27.3 Å². The lowest BCUT2D eigenvalue weighted by Crippen LogP contribution is -2.35. The number of benzene rings is 2. The number of hydrogen-bond acceptors (Lipinski definition) is 5. The maximum atomic E-state index is 12.9. The molecule has 0 aliphatic carbocycles. The molecule has 0 atom stereocenters. The van der Waals surface area contributed by atoms with Gasteiger partial charge in [-0.15, -0.1) is 0 Å². The average Bonchev–Trinajstić information content (AvgIpc) is 3.27. The van der Waals surface area contributed by atoms with Gasteiger partial charge in [-0.1, -0.05) is 35.9 Å². The number of halogens is 1. The number of carbonyl (C=O) groups is 3. The van der Waals surface area contributed by atoms with Crippen LogP contribution in [0.4, 0.5) is 5.69 Å². The van der Waals surface area contributed by atoms with E-state index in [2.05, 4.69) is 5.32 Å². The standard InChI is InChI=1S/C26H25ClN2O5/c1-2-33-25(31)11-10-24(30)28-19-7-5-6-17(14-19)23-15-18-16-29(13-12-22(18)34-23)26(32)20-8-3-4-9-21(20)27/h3-9,14-15H,2,10-13,16H2,1H3,(H,28,30). The number of carbonyl (C=O) groups excluding carboxylic acids is 3. The van der Waals surface area contributed by atoms with Crippen LogP contribution in [0.3, 0.4) is 0 Å². The number of rotatable bonds is 7. The van der Waals surface area contributed by atoms with E-state index in [0.717, 1.165) is 16.9 Å². The van der Waals surface area contributed by atoms with Gasteiger partial charge in [0.1, 0.15) is 11.5 Å². The molecule has 3 aromatic rings. The minimum Gasteiger partial charge on any atom is -0.466 e. The molecule has 7 nitrogen and oxygen atoms in total. The van der Waals surface area contributed by atoms with Crippen LogP contribution >= 0.6 is 11.6 Å². The van der Waals surface area contributed by atoms with Gasteiger partial charge in [-0.25, -0.2) is 0 Å². The van der Waals surface area contributed by atoms with E-state index >= 15 is 0 Å². The lowest BCUT2D eigenvalue weighted by atomic mass is 10.1. The summed E-state index contributed by atoms with van der Waals surface area (Å²) in [5, 5.41) is 3.24. The van der Waals surface area contributed by atoms with Crippen LogP contribution in [0.1, 0.15) is 41.4 Å². The van der Waals surface area contributed by atoms with Crippen LogP contribution in [0, 0.1) is 0 Å². The third-order valence-electron chi connectivity index (χ3n) is 5.55. The Morgan fingerprint density at radius 2 is 1.91 bits per heavy atom. The van der Waals surface area contributed by atoms with E-state index in [0.29, 0.717) is 48.2 Å². The maximum Gasteiger partial charge on any atom is 0.306 e. The molecule has 2 amide bonds. The first kappa shape index (κ1) is 23.6. The number of fused-ring (bicyclic) bond motifs is 1. The molecule has 176 valence electrons. The second-order valence-corrected chi connectivity index (χ2v) is 8.36. The van der Waals surface area contributed by atoms with Gasteiger partial charge in [0.05, 0.1) is 23.6 Å². The highest BCUT2D eigenvalue weighted by atomic mass is 35.5. The Morgan fingerprint density at radius 3 is 2.71 bits per heavy atom. The summed E-state index contributed by atoms with van der Waals surface area (Å²) in [7, 11) is 0. The van der Waals surface area contributed by atoms with Crippen LogP contribution in [0.2, 0.25) is 5.02 Å². The van der Waals surface area contributed by atoms with Crippen LogP contribution in [0.5, 0.6) is 0 Å². The van der Waals surface area contributed by atoms with Crippen molar-refractivity contribution in [2.45, 2.75) is 32.7 Å². The summed E-state index contributed by atoms with van der Waals surface area (Å²) in [6.07, 6.45) is 0.691. The van der Waals surface area contributed by atoms with E-state index in [-0.39, 0.29) is 24.7 Å². The zero-order valence-electron chi connectivity index (χ0n) is 18.8.